The molecule has 10 rings (SSSR count). The number of nitrogens with zero attached hydrogens (tertiary/aromatic N) is 2. The van der Waals surface area contributed by atoms with Gasteiger partial charge in [-0.05, 0) is 128 Å². The molecule has 0 amide bonds. The van der Waals surface area contributed by atoms with Crippen LogP contribution in [0.3, 0.4) is 0 Å². The highest BCUT2D eigenvalue weighted by Gasteiger charge is 2.37. The van der Waals surface area contributed by atoms with E-state index >= 15 is 0 Å². The van der Waals surface area contributed by atoms with Crippen molar-refractivity contribution in [3.63, 3.8) is 0 Å². The molecule has 0 saturated heterocycles. The van der Waals surface area contributed by atoms with Crippen LogP contribution in [0.1, 0.15) is 25.0 Å². The van der Waals surface area contributed by atoms with Crippen molar-refractivity contribution in [1.82, 2.24) is 0 Å². The molecule has 9 aromatic carbocycles. The van der Waals surface area contributed by atoms with Crippen molar-refractivity contribution in [2.24, 2.45) is 0 Å². The average Bonchev–Trinajstić information content (AvgIpc) is 3.25. The van der Waals surface area contributed by atoms with E-state index in [1.807, 2.05) is 0 Å². The molecule has 0 radical (unpaired) electrons. The lowest BCUT2D eigenvalue weighted by atomic mass is 9.73. The van der Waals surface area contributed by atoms with E-state index in [-0.39, 0.29) is 5.41 Å². The van der Waals surface area contributed by atoms with Gasteiger partial charge in [0.25, 0.3) is 0 Å². The Kier molecular flexibility index (Phi) is 7.85. The Balaban J connectivity index is 1.01. The number of hydrogen-bond donors (Lipinski definition) is 0. The lowest BCUT2D eigenvalue weighted by Crippen LogP contribution is -2.30. The van der Waals surface area contributed by atoms with Crippen LogP contribution in [-0.4, -0.2) is 0 Å². The lowest BCUT2D eigenvalue weighted by Gasteiger charge is -2.42. The molecule has 1 heterocycles. The van der Waals surface area contributed by atoms with Gasteiger partial charge in [-0.2, -0.15) is 0 Å². The maximum atomic E-state index is 2.44. The fourth-order valence-electron chi connectivity index (χ4n) is 8.55. The van der Waals surface area contributed by atoms with Crippen LogP contribution < -0.4 is 9.80 Å². The summed E-state index contributed by atoms with van der Waals surface area (Å²) in [5, 5.41) is 5.12. The second-order valence-electron chi connectivity index (χ2n) is 15.0. The molecular weight excluding hydrogens is 665 g/mol. The Morgan fingerprint density at radius 3 is 1.56 bits per heavy atom. The topological polar surface area (TPSA) is 6.48 Å². The highest BCUT2D eigenvalue weighted by Crippen LogP contribution is 2.53. The minimum atomic E-state index is -0.183. The van der Waals surface area contributed by atoms with E-state index in [9.17, 15) is 0 Å². The molecule has 0 bridgehead atoms. The number of hydrogen-bond acceptors (Lipinski definition) is 2. The highest BCUT2D eigenvalue weighted by molar-refractivity contribution is 6.08. The van der Waals surface area contributed by atoms with E-state index < -0.39 is 0 Å². The third kappa shape index (κ3) is 5.66. The second kappa shape index (κ2) is 13.2. The van der Waals surface area contributed by atoms with Gasteiger partial charge in [-0.3, -0.25) is 0 Å². The summed E-state index contributed by atoms with van der Waals surface area (Å²) in [7, 11) is 0. The SMILES string of the molecule is CC1(C)c2ccccc2N(c2ccc(-c3ccc(N(c4ccccc4)c4ccccc4)cc3)cc2)c2ccc(-c3ccc4ccc5ccccc5c4c3)cc21. The quantitative estimate of drug-likeness (QED) is 0.159. The first-order valence-corrected chi connectivity index (χ1v) is 19.1. The van der Waals surface area contributed by atoms with Crippen molar-refractivity contribution >= 4 is 55.7 Å². The van der Waals surface area contributed by atoms with Crippen LogP contribution in [0.5, 0.6) is 0 Å². The first-order valence-electron chi connectivity index (χ1n) is 19.1. The molecule has 0 aliphatic carbocycles. The van der Waals surface area contributed by atoms with Gasteiger partial charge in [0.15, 0.2) is 0 Å². The van der Waals surface area contributed by atoms with Gasteiger partial charge in [0.2, 0.25) is 0 Å². The molecule has 0 unspecified atom stereocenters. The van der Waals surface area contributed by atoms with Crippen LogP contribution in [0.15, 0.2) is 206 Å². The maximum Gasteiger partial charge on any atom is 0.0503 e. The van der Waals surface area contributed by atoms with Gasteiger partial charge in [-0.15, -0.1) is 0 Å². The monoisotopic (exact) mass is 704 g/mol. The lowest BCUT2D eigenvalue weighted by molar-refractivity contribution is 0.632. The van der Waals surface area contributed by atoms with Crippen LogP contribution >= 0.6 is 0 Å². The van der Waals surface area contributed by atoms with Crippen molar-refractivity contribution in [3.8, 4) is 22.3 Å². The Morgan fingerprint density at radius 2 is 0.855 bits per heavy atom. The van der Waals surface area contributed by atoms with Gasteiger partial charge < -0.3 is 9.80 Å². The summed E-state index contributed by atoms with van der Waals surface area (Å²) >= 11 is 0. The first kappa shape index (κ1) is 32.7. The predicted molar refractivity (Wildman–Crippen MR) is 234 cm³/mol. The summed E-state index contributed by atoms with van der Waals surface area (Å²) in [4.78, 5) is 4.74. The molecule has 1 aliphatic rings. The van der Waals surface area contributed by atoms with Gasteiger partial charge in [-0.1, -0.05) is 147 Å². The molecule has 2 nitrogen and oxygen atoms in total. The van der Waals surface area contributed by atoms with Crippen molar-refractivity contribution in [2.45, 2.75) is 19.3 Å². The van der Waals surface area contributed by atoms with Crippen LogP contribution in [0.4, 0.5) is 34.1 Å². The molecule has 0 atom stereocenters. The molecule has 0 aromatic heterocycles. The van der Waals surface area contributed by atoms with Gasteiger partial charge in [0.05, 0.1) is 11.4 Å². The Bertz CT molecular complexity index is 2780. The first-order chi connectivity index (χ1) is 27.0. The van der Waals surface area contributed by atoms with Crippen molar-refractivity contribution in [3.05, 3.63) is 217 Å². The smallest absolute Gasteiger partial charge is 0.0503 e. The minimum absolute atomic E-state index is 0.183. The zero-order chi connectivity index (χ0) is 36.9. The van der Waals surface area contributed by atoms with Crippen LogP contribution in [-0.2, 0) is 5.41 Å². The molecule has 0 N–H and O–H groups in total. The molecule has 0 saturated carbocycles. The fourth-order valence-corrected chi connectivity index (χ4v) is 8.55. The van der Waals surface area contributed by atoms with E-state index in [0.717, 1.165) is 22.7 Å². The largest absolute Gasteiger partial charge is 0.311 e. The number of benzene rings is 9. The number of fused-ring (bicyclic) bond motifs is 5. The van der Waals surface area contributed by atoms with E-state index in [1.54, 1.807) is 0 Å². The summed E-state index contributed by atoms with van der Waals surface area (Å²) in [6, 6.07) is 75.0. The third-order valence-electron chi connectivity index (χ3n) is 11.4. The number of para-hydroxylation sites is 3. The van der Waals surface area contributed by atoms with Crippen molar-refractivity contribution in [2.75, 3.05) is 9.80 Å². The molecule has 1 aliphatic heterocycles. The minimum Gasteiger partial charge on any atom is -0.311 e. The molecule has 0 spiro atoms. The molecule has 2 heteroatoms. The van der Waals surface area contributed by atoms with E-state index in [1.165, 1.54) is 66.3 Å². The standard InChI is InChI=1S/C53H40N2/c1-53(2)49-19-11-12-20-51(49)55(52-34-29-42(36-50(52)53)41-24-23-40-22-21-39-13-9-10-18-47(39)48(40)35-41)46-32-27-38(28-33-46)37-25-30-45(31-26-37)54(43-14-5-3-6-15-43)44-16-7-4-8-17-44/h3-36H,1-2H3. The van der Waals surface area contributed by atoms with Crippen molar-refractivity contribution < 1.29 is 0 Å². The summed E-state index contributed by atoms with van der Waals surface area (Å²) in [5.41, 5.74) is 14.3. The van der Waals surface area contributed by atoms with Crippen LogP contribution in [0.2, 0.25) is 0 Å². The van der Waals surface area contributed by atoms with E-state index in [0.29, 0.717) is 0 Å². The second-order valence-corrected chi connectivity index (χ2v) is 15.0. The highest BCUT2D eigenvalue weighted by atomic mass is 15.2. The summed E-state index contributed by atoms with van der Waals surface area (Å²) < 4.78 is 0. The average molecular weight is 705 g/mol. The number of anilines is 6. The Hall–Kier alpha value is -6.90. The molecule has 0 fully saturated rings. The molecule has 262 valence electrons. The van der Waals surface area contributed by atoms with Gasteiger partial charge in [0.1, 0.15) is 0 Å². The van der Waals surface area contributed by atoms with E-state index in [4.69, 9.17) is 0 Å². The zero-order valence-corrected chi connectivity index (χ0v) is 31.0. The Morgan fingerprint density at radius 1 is 0.364 bits per heavy atom. The zero-order valence-electron chi connectivity index (χ0n) is 31.0. The normalized spacial score (nSPS) is 13.0. The summed E-state index contributed by atoms with van der Waals surface area (Å²) in [6.07, 6.45) is 0. The molecular formula is C53H40N2. The van der Waals surface area contributed by atoms with Gasteiger partial charge >= 0.3 is 0 Å². The summed E-state index contributed by atoms with van der Waals surface area (Å²) in [5.74, 6) is 0. The predicted octanol–water partition coefficient (Wildman–Crippen LogP) is 14.9. The fraction of sp³-hybridized carbons (Fsp3) is 0.0566. The van der Waals surface area contributed by atoms with Crippen LogP contribution in [0, 0.1) is 0 Å². The molecule has 9 aromatic rings. The Labute approximate surface area is 323 Å². The van der Waals surface area contributed by atoms with Gasteiger partial charge in [0, 0.05) is 28.2 Å². The third-order valence-corrected chi connectivity index (χ3v) is 11.4. The number of rotatable bonds is 6. The molecule has 55 heavy (non-hydrogen) atoms. The maximum absolute atomic E-state index is 2.44. The summed E-state index contributed by atoms with van der Waals surface area (Å²) in [6.45, 7) is 4.73. The van der Waals surface area contributed by atoms with E-state index in [2.05, 4.69) is 230 Å². The van der Waals surface area contributed by atoms with Crippen molar-refractivity contribution in [1.29, 1.82) is 0 Å². The van der Waals surface area contributed by atoms with Gasteiger partial charge in [-0.25, -0.2) is 0 Å². The van der Waals surface area contributed by atoms with Crippen LogP contribution in [0.25, 0.3) is 43.8 Å².